The number of methoxy groups -OCH3 is 1. The third-order valence-electron chi connectivity index (χ3n) is 6.98. The number of aromatic nitrogens is 1. The molecule has 38 heavy (non-hydrogen) atoms. The summed E-state index contributed by atoms with van der Waals surface area (Å²) < 4.78 is 5.26. The summed E-state index contributed by atoms with van der Waals surface area (Å²) in [6.07, 6.45) is 2.39. The Balaban J connectivity index is 1.57. The fourth-order valence-corrected chi connectivity index (χ4v) is 5.22. The number of pyridine rings is 1. The number of nitrogens with zero attached hydrogens (tertiary/aromatic N) is 2. The summed E-state index contributed by atoms with van der Waals surface area (Å²) in [5.74, 6) is -0.251. The number of nitro groups is 1. The molecule has 0 fully saturated rings. The van der Waals surface area contributed by atoms with E-state index in [1.165, 1.54) is 12.1 Å². The Morgan fingerprint density at radius 2 is 1.87 bits per heavy atom. The number of dihydropyridines is 1. The highest BCUT2D eigenvalue weighted by atomic mass is 16.6. The Kier molecular flexibility index (Phi) is 6.74. The molecular weight excluding hydrogens is 484 g/mol. The molecular formula is C29H26N4O5. The Labute approximate surface area is 219 Å². The van der Waals surface area contributed by atoms with Gasteiger partial charge in [-0.25, -0.2) is 4.98 Å². The van der Waals surface area contributed by atoms with Crippen LogP contribution in [0.4, 0.5) is 11.5 Å². The van der Waals surface area contributed by atoms with Crippen molar-refractivity contribution in [3.63, 3.8) is 0 Å². The summed E-state index contributed by atoms with van der Waals surface area (Å²) in [7, 11) is 1.60. The molecule has 9 nitrogen and oxygen atoms in total. The fraction of sp³-hybridized carbons (Fsp3) is 0.207. The van der Waals surface area contributed by atoms with Gasteiger partial charge >= 0.3 is 0 Å². The Morgan fingerprint density at radius 3 is 2.55 bits per heavy atom. The average molecular weight is 511 g/mol. The highest BCUT2D eigenvalue weighted by Gasteiger charge is 2.41. The maximum atomic E-state index is 13.7. The molecule has 192 valence electrons. The first-order valence-electron chi connectivity index (χ1n) is 12.2. The second kappa shape index (κ2) is 10.3. The highest BCUT2D eigenvalue weighted by molar-refractivity contribution is 6.09. The van der Waals surface area contributed by atoms with Crippen LogP contribution in [0.1, 0.15) is 42.7 Å². The van der Waals surface area contributed by atoms with Crippen LogP contribution in [0.15, 0.2) is 95.5 Å². The van der Waals surface area contributed by atoms with Gasteiger partial charge in [0.15, 0.2) is 5.78 Å². The number of carbonyl (C=O) groups is 2. The van der Waals surface area contributed by atoms with Gasteiger partial charge in [0.1, 0.15) is 11.6 Å². The molecule has 1 aliphatic carbocycles. The number of nitrogens with one attached hydrogen (secondary N) is 2. The smallest absolute Gasteiger partial charge is 0.269 e. The summed E-state index contributed by atoms with van der Waals surface area (Å²) in [5.41, 5.74) is 3.51. The zero-order chi connectivity index (χ0) is 26.8. The summed E-state index contributed by atoms with van der Waals surface area (Å²) in [5, 5.41) is 17.7. The standard InChI is InChI=1S/C29H26N4O5/c1-17-26(29(35)32-25-8-3-4-13-30-25)27(19-6-5-7-21(14-19)33(36)37)28-23(31-17)15-20(16-24(28)34)18-9-11-22(38-2)12-10-18/h3-14,20,27,31H,15-16H2,1-2H3,(H,30,32,35). The first-order valence-corrected chi connectivity index (χ1v) is 12.2. The molecule has 1 aromatic heterocycles. The number of nitro benzene ring substituents is 1. The Morgan fingerprint density at radius 1 is 1.08 bits per heavy atom. The minimum Gasteiger partial charge on any atom is -0.497 e. The SMILES string of the molecule is COc1ccc(C2CC(=O)C3=C(C2)NC(C)=C(C(=O)Nc2ccccn2)C3c2cccc([N+](=O)[O-])c2)cc1. The van der Waals surface area contributed by atoms with Gasteiger partial charge in [-0.15, -0.1) is 0 Å². The van der Waals surface area contributed by atoms with Gasteiger partial charge < -0.3 is 15.4 Å². The van der Waals surface area contributed by atoms with Crippen LogP contribution >= 0.6 is 0 Å². The average Bonchev–Trinajstić information content (AvgIpc) is 2.92. The van der Waals surface area contributed by atoms with Crippen molar-refractivity contribution in [2.75, 3.05) is 12.4 Å². The normalized spacial score (nSPS) is 18.9. The second-order valence-electron chi connectivity index (χ2n) is 9.31. The Bertz CT molecular complexity index is 1480. The van der Waals surface area contributed by atoms with Gasteiger partial charge in [0, 0.05) is 53.2 Å². The molecule has 2 heterocycles. The summed E-state index contributed by atoms with van der Waals surface area (Å²) >= 11 is 0. The van der Waals surface area contributed by atoms with E-state index in [1.807, 2.05) is 24.3 Å². The van der Waals surface area contributed by atoms with Crippen molar-refractivity contribution in [2.24, 2.45) is 0 Å². The quantitative estimate of drug-likeness (QED) is 0.353. The minimum atomic E-state index is -0.765. The van der Waals surface area contributed by atoms with E-state index < -0.39 is 16.7 Å². The Hall–Kier alpha value is -4.79. The van der Waals surface area contributed by atoms with Gasteiger partial charge in [-0.3, -0.25) is 19.7 Å². The minimum absolute atomic E-state index is 0.0536. The monoisotopic (exact) mass is 510 g/mol. The van der Waals surface area contributed by atoms with Crippen LogP contribution in [0.5, 0.6) is 5.75 Å². The number of hydrogen-bond acceptors (Lipinski definition) is 7. The lowest BCUT2D eigenvalue weighted by atomic mass is 9.71. The summed E-state index contributed by atoms with van der Waals surface area (Å²) in [6.45, 7) is 1.78. The van der Waals surface area contributed by atoms with Gasteiger partial charge in [-0.2, -0.15) is 0 Å². The summed E-state index contributed by atoms with van der Waals surface area (Å²) in [6, 6.07) is 18.9. The van der Waals surface area contributed by atoms with Crippen LogP contribution < -0.4 is 15.4 Å². The lowest BCUT2D eigenvalue weighted by molar-refractivity contribution is -0.384. The number of benzene rings is 2. The topological polar surface area (TPSA) is 123 Å². The number of rotatable bonds is 6. The number of anilines is 1. The van der Waals surface area contributed by atoms with Crippen LogP contribution in [0, 0.1) is 10.1 Å². The molecule has 0 saturated heterocycles. The van der Waals surface area contributed by atoms with E-state index in [4.69, 9.17) is 4.74 Å². The van der Waals surface area contributed by atoms with Crippen molar-refractivity contribution in [3.05, 3.63) is 117 Å². The molecule has 2 N–H and O–H groups in total. The lowest BCUT2D eigenvalue weighted by Crippen LogP contribution is -2.37. The lowest BCUT2D eigenvalue weighted by Gasteiger charge is -2.37. The van der Waals surface area contributed by atoms with Gasteiger partial charge in [-0.1, -0.05) is 30.3 Å². The number of non-ortho nitro benzene ring substituents is 1. The number of allylic oxidation sites excluding steroid dienone is 3. The van der Waals surface area contributed by atoms with Crippen molar-refractivity contribution < 1.29 is 19.2 Å². The third-order valence-corrected chi connectivity index (χ3v) is 6.98. The van der Waals surface area contributed by atoms with E-state index in [-0.39, 0.29) is 23.8 Å². The van der Waals surface area contributed by atoms with Gasteiger partial charge in [0.25, 0.3) is 11.6 Å². The molecule has 2 atom stereocenters. The number of carbonyl (C=O) groups excluding carboxylic acids is 2. The molecule has 0 bridgehead atoms. The second-order valence-corrected chi connectivity index (χ2v) is 9.31. The van der Waals surface area contributed by atoms with Crippen molar-refractivity contribution in [1.29, 1.82) is 0 Å². The van der Waals surface area contributed by atoms with Crippen molar-refractivity contribution in [1.82, 2.24) is 10.3 Å². The van der Waals surface area contributed by atoms with E-state index in [2.05, 4.69) is 15.6 Å². The maximum Gasteiger partial charge on any atom is 0.269 e. The maximum absolute atomic E-state index is 13.7. The van der Waals surface area contributed by atoms with Crippen LogP contribution in [0.25, 0.3) is 0 Å². The zero-order valence-electron chi connectivity index (χ0n) is 20.9. The molecule has 5 rings (SSSR count). The molecule has 0 spiro atoms. The van der Waals surface area contributed by atoms with Crippen LogP contribution in [0.3, 0.4) is 0 Å². The molecule has 1 amide bonds. The first kappa shape index (κ1) is 24.9. The van der Waals surface area contributed by atoms with Crippen molar-refractivity contribution >= 4 is 23.2 Å². The molecule has 0 radical (unpaired) electrons. The summed E-state index contributed by atoms with van der Waals surface area (Å²) in [4.78, 5) is 42.6. The zero-order valence-corrected chi connectivity index (χ0v) is 20.9. The van der Waals surface area contributed by atoms with Crippen molar-refractivity contribution in [3.8, 4) is 5.75 Å². The van der Waals surface area contributed by atoms with E-state index in [1.54, 1.807) is 50.6 Å². The number of ether oxygens (including phenoxy) is 1. The fourth-order valence-electron chi connectivity index (χ4n) is 5.22. The third kappa shape index (κ3) is 4.78. The van der Waals surface area contributed by atoms with E-state index in [0.717, 1.165) is 17.0 Å². The van der Waals surface area contributed by atoms with Crippen LogP contribution in [0.2, 0.25) is 0 Å². The highest BCUT2D eigenvalue weighted by Crippen LogP contribution is 2.46. The van der Waals surface area contributed by atoms with E-state index in [0.29, 0.717) is 34.6 Å². The number of Topliss-reactive ketones (excluding diaryl/α,β-unsaturated/α-hetero) is 1. The predicted molar refractivity (Wildman–Crippen MR) is 142 cm³/mol. The van der Waals surface area contributed by atoms with Gasteiger partial charge in [0.2, 0.25) is 0 Å². The molecule has 9 heteroatoms. The van der Waals surface area contributed by atoms with Gasteiger partial charge in [-0.05, 0) is 54.7 Å². The number of ketones is 1. The van der Waals surface area contributed by atoms with Crippen molar-refractivity contribution in [2.45, 2.75) is 31.6 Å². The molecule has 3 aromatic rings. The van der Waals surface area contributed by atoms with Crippen LogP contribution in [-0.2, 0) is 9.59 Å². The van der Waals surface area contributed by atoms with E-state index >= 15 is 0 Å². The number of amides is 1. The van der Waals surface area contributed by atoms with Gasteiger partial charge in [0.05, 0.1) is 12.0 Å². The molecule has 2 aliphatic rings. The predicted octanol–water partition coefficient (Wildman–Crippen LogP) is 5.00. The number of hydrogen-bond donors (Lipinski definition) is 2. The largest absolute Gasteiger partial charge is 0.497 e. The molecule has 1 aliphatic heterocycles. The van der Waals surface area contributed by atoms with Crippen LogP contribution in [-0.4, -0.2) is 28.7 Å². The van der Waals surface area contributed by atoms with E-state index in [9.17, 15) is 19.7 Å². The molecule has 2 aromatic carbocycles. The first-order chi connectivity index (χ1) is 18.4. The molecule has 2 unspecified atom stereocenters. The molecule has 0 saturated carbocycles.